The summed E-state index contributed by atoms with van der Waals surface area (Å²) in [5, 5.41) is 6.95. The third-order valence-corrected chi connectivity index (χ3v) is 2.78. The maximum Gasteiger partial charge on any atom is 0.255 e. The Bertz CT molecular complexity index is 611. The number of amides is 1. The maximum absolute atomic E-state index is 12.2. The lowest BCUT2D eigenvalue weighted by Crippen LogP contribution is -2.27. The van der Waals surface area contributed by atoms with Gasteiger partial charge in [-0.05, 0) is 13.0 Å². The van der Waals surface area contributed by atoms with Gasteiger partial charge >= 0.3 is 0 Å². The van der Waals surface area contributed by atoms with Crippen LogP contribution in [0.4, 0.5) is 5.82 Å². The fourth-order valence-electron chi connectivity index (χ4n) is 1.57. The summed E-state index contributed by atoms with van der Waals surface area (Å²) in [6.07, 6.45) is 1.36. The van der Waals surface area contributed by atoms with Gasteiger partial charge in [0.05, 0.1) is 17.1 Å². The van der Waals surface area contributed by atoms with E-state index in [0.717, 1.165) is 0 Å². The van der Waals surface area contributed by atoms with Crippen molar-refractivity contribution in [3.05, 3.63) is 34.5 Å². The fourth-order valence-corrected chi connectivity index (χ4v) is 1.75. The quantitative estimate of drug-likeness (QED) is 0.874. The number of pyridine rings is 1. The third kappa shape index (κ3) is 3.00. The zero-order valence-electron chi connectivity index (χ0n) is 10.5. The Morgan fingerprint density at radius 1 is 1.58 bits per heavy atom. The van der Waals surface area contributed by atoms with E-state index in [1.807, 2.05) is 0 Å². The van der Waals surface area contributed by atoms with Gasteiger partial charge in [0.15, 0.2) is 5.82 Å². The Balaban J connectivity index is 2.16. The van der Waals surface area contributed by atoms with Gasteiger partial charge in [0.1, 0.15) is 11.6 Å². The smallest absolute Gasteiger partial charge is 0.255 e. The van der Waals surface area contributed by atoms with Gasteiger partial charge in [-0.15, -0.1) is 0 Å². The minimum absolute atomic E-state index is 0.245. The highest BCUT2D eigenvalue weighted by atomic mass is 35.5. The van der Waals surface area contributed by atoms with Crippen LogP contribution in [-0.2, 0) is 6.54 Å². The molecule has 2 heterocycles. The van der Waals surface area contributed by atoms with Gasteiger partial charge in [0.25, 0.3) is 5.91 Å². The minimum Gasteiger partial charge on any atom is -0.384 e. The molecule has 1 amide bonds. The molecule has 0 saturated heterocycles. The van der Waals surface area contributed by atoms with E-state index < -0.39 is 0 Å². The number of nitrogen functional groups attached to an aromatic ring is 1. The minimum atomic E-state index is -0.262. The standard InChI is InChI=1S/C11H13ClN6O/c1-6-15-10(17-16-6)5-18(2)11(19)7-3-9(13)14-4-8(7)12/h3-4H,5H2,1-2H3,(H2,13,14)(H,15,16,17). The number of carbonyl (C=O) groups excluding carboxylic acids is 1. The molecule has 0 spiro atoms. The molecule has 2 rings (SSSR count). The van der Waals surface area contributed by atoms with Crippen molar-refractivity contribution >= 4 is 23.3 Å². The molecule has 0 aliphatic carbocycles. The summed E-state index contributed by atoms with van der Waals surface area (Å²) in [5.41, 5.74) is 5.86. The predicted molar refractivity (Wildman–Crippen MR) is 70.6 cm³/mol. The summed E-state index contributed by atoms with van der Waals surface area (Å²) in [7, 11) is 1.64. The topological polar surface area (TPSA) is 101 Å². The molecule has 0 aromatic carbocycles. The van der Waals surface area contributed by atoms with Crippen LogP contribution in [0.25, 0.3) is 0 Å². The van der Waals surface area contributed by atoms with E-state index >= 15 is 0 Å². The molecule has 0 unspecified atom stereocenters. The van der Waals surface area contributed by atoms with E-state index in [0.29, 0.717) is 17.2 Å². The van der Waals surface area contributed by atoms with Crippen LogP contribution in [0.1, 0.15) is 22.0 Å². The number of nitrogens with two attached hydrogens (primary N) is 1. The van der Waals surface area contributed by atoms with E-state index in [9.17, 15) is 4.79 Å². The number of hydrogen-bond donors (Lipinski definition) is 2. The molecule has 0 atom stereocenters. The summed E-state index contributed by atoms with van der Waals surface area (Å²) in [5.74, 6) is 1.21. The summed E-state index contributed by atoms with van der Waals surface area (Å²) in [6.45, 7) is 2.07. The molecule has 0 fully saturated rings. The van der Waals surface area contributed by atoms with Gasteiger partial charge in [0, 0.05) is 13.2 Å². The lowest BCUT2D eigenvalue weighted by molar-refractivity contribution is 0.0782. The van der Waals surface area contributed by atoms with Crippen molar-refractivity contribution < 1.29 is 4.79 Å². The molecule has 100 valence electrons. The Hall–Kier alpha value is -2.15. The van der Waals surface area contributed by atoms with Gasteiger partial charge in [-0.25, -0.2) is 9.97 Å². The molecule has 2 aromatic heterocycles. The average molecular weight is 281 g/mol. The monoisotopic (exact) mass is 280 g/mol. The second-order valence-corrected chi connectivity index (χ2v) is 4.49. The zero-order valence-corrected chi connectivity index (χ0v) is 11.3. The van der Waals surface area contributed by atoms with E-state index in [1.54, 1.807) is 14.0 Å². The Morgan fingerprint density at radius 3 is 2.95 bits per heavy atom. The van der Waals surface area contributed by atoms with Crippen LogP contribution in [-0.4, -0.2) is 38.0 Å². The van der Waals surface area contributed by atoms with Crippen LogP contribution < -0.4 is 5.73 Å². The lowest BCUT2D eigenvalue weighted by Gasteiger charge is -2.16. The maximum atomic E-state index is 12.2. The number of H-pyrrole nitrogens is 1. The first-order valence-electron chi connectivity index (χ1n) is 5.51. The van der Waals surface area contributed by atoms with Crippen molar-refractivity contribution in [2.24, 2.45) is 0 Å². The molecular formula is C11H13ClN6O. The number of nitrogens with zero attached hydrogens (tertiary/aromatic N) is 4. The fraction of sp³-hybridized carbons (Fsp3) is 0.273. The van der Waals surface area contributed by atoms with Gasteiger partial charge in [-0.3, -0.25) is 9.89 Å². The van der Waals surface area contributed by atoms with Crippen molar-refractivity contribution in [1.29, 1.82) is 0 Å². The molecule has 19 heavy (non-hydrogen) atoms. The number of carbonyl (C=O) groups is 1. The van der Waals surface area contributed by atoms with Crippen LogP contribution in [0.3, 0.4) is 0 Å². The van der Waals surface area contributed by atoms with Crippen LogP contribution >= 0.6 is 11.6 Å². The third-order valence-electron chi connectivity index (χ3n) is 2.48. The number of hydrogen-bond acceptors (Lipinski definition) is 5. The second-order valence-electron chi connectivity index (χ2n) is 4.09. The molecule has 0 aliphatic heterocycles. The Morgan fingerprint density at radius 2 is 2.32 bits per heavy atom. The number of rotatable bonds is 3. The van der Waals surface area contributed by atoms with Crippen molar-refractivity contribution in [1.82, 2.24) is 25.1 Å². The van der Waals surface area contributed by atoms with E-state index in [2.05, 4.69) is 20.2 Å². The summed E-state index contributed by atoms with van der Waals surface area (Å²) in [4.78, 5) is 21.6. The highest BCUT2D eigenvalue weighted by Gasteiger charge is 2.17. The molecule has 2 aromatic rings. The van der Waals surface area contributed by atoms with Gasteiger partial charge in [0.2, 0.25) is 0 Å². The normalized spacial score (nSPS) is 10.5. The van der Waals surface area contributed by atoms with Crippen LogP contribution in [0.15, 0.2) is 12.3 Å². The first-order chi connectivity index (χ1) is 8.97. The van der Waals surface area contributed by atoms with Crippen LogP contribution in [0.5, 0.6) is 0 Å². The molecular weight excluding hydrogens is 268 g/mol. The molecule has 7 nitrogen and oxygen atoms in total. The molecule has 0 bridgehead atoms. The largest absolute Gasteiger partial charge is 0.384 e. The average Bonchev–Trinajstić information content (AvgIpc) is 2.77. The number of halogens is 1. The summed E-state index contributed by atoms with van der Waals surface area (Å²) in [6, 6.07) is 1.45. The van der Waals surface area contributed by atoms with Crippen molar-refractivity contribution in [3.63, 3.8) is 0 Å². The van der Waals surface area contributed by atoms with Crippen molar-refractivity contribution in [2.45, 2.75) is 13.5 Å². The first-order valence-corrected chi connectivity index (χ1v) is 5.89. The first kappa shape index (κ1) is 13.3. The SMILES string of the molecule is Cc1nc(CN(C)C(=O)c2cc(N)ncc2Cl)n[nH]1. The van der Waals surface area contributed by atoms with Crippen LogP contribution in [0, 0.1) is 6.92 Å². The van der Waals surface area contributed by atoms with E-state index in [1.165, 1.54) is 17.2 Å². The number of aromatic amines is 1. The molecule has 0 aliphatic rings. The molecule has 3 N–H and O–H groups in total. The lowest BCUT2D eigenvalue weighted by atomic mass is 10.2. The van der Waals surface area contributed by atoms with Crippen molar-refractivity contribution in [2.75, 3.05) is 12.8 Å². The predicted octanol–water partition coefficient (Wildman–Crippen LogP) is 1.02. The van der Waals surface area contributed by atoms with Gasteiger partial charge in [-0.2, -0.15) is 5.10 Å². The summed E-state index contributed by atoms with van der Waals surface area (Å²) >= 11 is 5.94. The Kier molecular flexibility index (Phi) is 3.66. The second kappa shape index (κ2) is 5.23. The number of aryl methyl sites for hydroxylation is 1. The van der Waals surface area contributed by atoms with Gasteiger partial charge < -0.3 is 10.6 Å². The molecule has 0 radical (unpaired) electrons. The van der Waals surface area contributed by atoms with Crippen LogP contribution in [0.2, 0.25) is 5.02 Å². The van der Waals surface area contributed by atoms with Gasteiger partial charge in [-0.1, -0.05) is 11.6 Å². The van der Waals surface area contributed by atoms with E-state index in [-0.39, 0.29) is 23.3 Å². The molecule has 0 saturated carbocycles. The van der Waals surface area contributed by atoms with Crippen molar-refractivity contribution in [3.8, 4) is 0 Å². The Labute approximate surface area is 114 Å². The summed E-state index contributed by atoms with van der Waals surface area (Å²) < 4.78 is 0. The highest BCUT2D eigenvalue weighted by molar-refractivity contribution is 6.33. The highest BCUT2D eigenvalue weighted by Crippen LogP contribution is 2.18. The number of nitrogens with one attached hydrogen (secondary N) is 1. The number of aromatic nitrogens is 4. The number of anilines is 1. The zero-order chi connectivity index (χ0) is 14.0. The van der Waals surface area contributed by atoms with E-state index in [4.69, 9.17) is 17.3 Å². The molecule has 8 heteroatoms.